The molecule has 0 radical (unpaired) electrons. The Morgan fingerprint density at radius 3 is 1.74 bits per heavy atom. The van der Waals surface area contributed by atoms with Crippen LogP contribution in [-0.2, 0) is 9.47 Å². The van der Waals surface area contributed by atoms with Crippen molar-refractivity contribution in [2.75, 3.05) is 0 Å². The minimum Gasteiger partial charge on any atom is -0.458 e. The Labute approximate surface area is 176 Å². The number of carbonyl (C=O) groups is 2. The second-order valence-electron chi connectivity index (χ2n) is 7.66. The standard InChI is InChI=1S/C21H18N2O8/c24-20(12-1-6-15(7-2-12)22(26)27)30-18-11-14-5-10-17(18)19(14)31-21(25)13-3-8-16(9-4-13)23(28)29/h1-4,6-9,14,17-19H,5,10-11H2. The van der Waals surface area contributed by atoms with Gasteiger partial charge in [-0.3, -0.25) is 20.2 Å². The van der Waals surface area contributed by atoms with Crippen molar-refractivity contribution in [3.05, 3.63) is 79.9 Å². The molecule has 2 aliphatic carbocycles. The van der Waals surface area contributed by atoms with Gasteiger partial charge < -0.3 is 9.47 Å². The lowest BCUT2D eigenvalue weighted by molar-refractivity contribution is -0.385. The molecule has 0 saturated heterocycles. The van der Waals surface area contributed by atoms with Crippen LogP contribution < -0.4 is 0 Å². The van der Waals surface area contributed by atoms with Crippen LogP contribution in [0.1, 0.15) is 40.0 Å². The molecule has 0 N–H and O–H groups in total. The van der Waals surface area contributed by atoms with Gasteiger partial charge in [-0.2, -0.15) is 0 Å². The van der Waals surface area contributed by atoms with E-state index in [-0.39, 0.29) is 34.3 Å². The largest absolute Gasteiger partial charge is 0.458 e. The van der Waals surface area contributed by atoms with Gasteiger partial charge in [-0.25, -0.2) is 9.59 Å². The second kappa shape index (κ2) is 8.13. The number of carbonyl (C=O) groups excluding carboxylic acids is 2. The van der Waals surface area contributed by atoms with Crippen LogP contribution in [0.5, 0.6) is 0 Å². The number of ether oxygens (including phenoxy) is 2. The third kappa shape index (κ3) is 4.09. The quantitative estimate of drug-likeness (QED) is 0.387. The molecule has 0 aromatic heterocycles. The summed E-state index contributed by atoms with van der Waals surface area (Å²) in [5, 5.41) is 21.5. The number of hydrogen-bond acceptors (Lipinski definition) is 8. The molecule has 0 amide bonds. The van der Waals surface area contributed by atoms with Gasteiger partial charge in [-0.05, 0) is 49.4 Å². The highest BCUT2D eigenvalue weighted by Gasteiger charge is 2.52. The van der Waals surface area contributed by atoms with E-state index in [4.69, 9.17) is 9.47 Å². The summed E-state index contributed by atoms with van der Waals surface area (Å²) in [5.41, 5.74) is 0.203. The molecule has 160 valence electrons. The summed E-state index contributed by atoms with van der Waals surface area (Å²) in [6.45, 7) is 0. The van der Waals surface area contributed by atoms with Gasteiger partial charge in [0.2, 0.25) is 0 Å². The molecule has 2 aromatic rings. The molecule has 4 rings (SSSR count). The Kier molecular flexibility index (Phi) is 5.37. The molecule has 2 bridgehead atoms. The topological polar surface area (TPSA) is 139 Å². The maximum atomic E-state index is 12.5. The van der Waals surface area contributed by atoms with Crippen LogP contribution >= 0.6 is 0 Å². The molecular weight excluding hydrogens is 408 g/mol. The predicted octanol–water partition coefficient (Wildman–Crippen LogP) is 3.68. The first kappa shape index (κ1) is 20.5. The number of esters is 2. The number of rotatable bonds is 6. The lowest BCUT2D eigenvalue weighted by Gasteiger charge is -2.22. The van der Waals surface area contributed by atoms with Crippen LogP contribution in [0.4, 0.5) is 11.4 Å². The molecule has 2 aromatic carbocycles. The van der Waals surface area contributed by atoms with Gasteiger partial charge in [0.1, 0.15) is 12.2 Å². The highest BCUT2D eigenvalue weighted by molar-refractivity contribution is 5.90. The van der Waals surface area contributed by atoms with Crippen molar-refractivity contribution in [3.8, 4) is 0 Å². The summed E-state index contributed by atoms with van der Waals surface area (Å²) in [5.74, 6) is -1.21. The van der Waals surface area contributed by atoms with Gasteiger partial charge in [0.25, 0.3) is 11.4 Å². The van der Waals surface area contributed by atoms with Gasteiger partial charge >= 0.3 is 11.9 Å². The van der Waals surface area contributed by atoms with Crippen LogP contribution in [0.3, 0.4) is 0 Å². The summed E-state index contributed by atoms with van der Waals surface area (Å²) >= 11 is 0. The molecule has 2 aliphatic rings. The normalized spacial score (nSPS) is 23.9. The fourth-order valence-corrected chi connectivity index (χ4v) is 4.36. The monoisotopic (exact) mass is 426 g/mol. The van der Waals surface area contributed by atoms with Crippen molar-refractivity contribution in [2.45, 2.75) is 31.5 Å². The van der Waals surface area contributed by atoms with Crippen LogP contribution in [0.2, 0.25) is 0 Å². The predicted molar refractivity (Wildman–Crippen MR) is 105 cm³/mol. The fourth-order valence-electron chi connectivity index (χ4n) is 4.36. The van der Waals surface area contributed by atoms with E-state index in [1.54, 1.807) is 0 Å². The lowest BCUT2D eigenvalue weighted by atomic mass is 9.97. The first-order valence-corrected chi connectivity index (χ1v) is 9.74. The molecule has 10 heteroatoms. The average molecular weight is 426 g/mol. The summed E-state index contributed by atoms with van der Waals surface area (Å²) < 4.78 is 11.3. The van der Waals surface area contributed by atoms with Crippen molar-refractivity contribution < 1.29 is 28.9 Å². The minimum absolute atomic E-state index is 0.0710. The molecule has 10 nitrogen and oxygen atoms in total. The van der Waals surface area contributed by atoms with Gasteiger partial charge in [-0.15, -0.1) is 0 Å². The Bertz CT molecular complexity index is 1030. The summed E-state index contributed by atoms with van der Waals surface area (Å²) in [7, 11) is 0. The van der Waals surface area contributed by atoms with E-state index in [1.165, 1.54) is 48.5 Å². The molecule has 4 unspecified atom stereocenters. The van der Waals surface area contributed by atoms with E-state index in [1.807, 2.05) is 0 Å². The zero-order chi connectivity index (χ0) is 22.1. The van der Waals surface area contributed by atoms with Crippen LogP contribution in [-0.4, -0.2) is 34.0 Å². The second-order valence-corrected chi connectivity index (χ2v) is 7.66. The molecule has 0 heterocycles. The molecule has 0 aliphatic heterocycles. The summed E-state index contributed by atoms with van der Waals surface area (Å²) in [4.78, 5) is 45.3. The highest BCUT2D eigenvalue weighted by Crippen LogP contribution is 2.48. The molecule has 0 spiro atoms. The van der Waals surface area contributed by atoms with Crippen molar-refractivity contribution >= 4 is 23.3 Å². The Morgan fingerprint density at radius 1 is 0.774 bits per heavy atom. The number of fused-ring (bicyclic) bond motifs is 2. The van der Waals surface area contributed by atoms with Gasteiger partial charge in [-0.1, -0.05) is 0 Å². The number of non-ortho nitro benzene ring substituents is 2. The maximum absolute atomic E-state index is 12.5. The third-order valence-electron chi connectivity index (χ3n) is 5.90. The zero-order valence-corrected chi connectivity index (χ0v) is 16.2. The molecule has 4 atom stereocenters. The third-order valence-corrected chi connectivity index (χ3v) is 5.90. The fraction of sp³-hybridized carbons (Fsp3) is 0.333. The van der Waals surface area contributed by atoms with E-state index in [0.29, 0.717) is 6.42 Å². The number of hydrogen-bond donors (Lipinski definition) is 0. The van der Waals surface area contributed by atoms with Crippen LogP contribution in [0.15, 0.2) is 48.5 Å². The molecule has 31 heavy (non-hydrogen) atoms. The Morgan fingerprint density at radius 2 is 1.26 bits per heavy atom. The SMILES string of the molecule is O=C(OC1CC2CCC1C2OC(=O)c1ccc([N+](=O)[O-])cc1)c1ccc([N+](=O)[O-])cc1. The Hall–Kier alpha value is -3.82. The first-order valence-electron chi connectivity index (χ1n) is 9.74. The van der Waals surface area contributed by atoms with Crippen molar-refractivity contribution in [1.82, 2.24) is 0 Å². The molecular formula is C21H18N2O8. The number of nitrogens with zero attached hydrogens (tertiary/aromatic N) is 2. The lowest BCUT2D eigenvalue weighted by Crippen LogP contribution is -2.28. The maximum Gasteiger partial charge on any atom is 0.338 e. The molecule has 2 saturated carbocycles. The van der Waals surface area contributed by atoms with E-state index in [9.17, 15) is 29.8 Å². The van der Waals surface area contributed by atoms with E-state index in [0.717, 1.165) is 12.8 Å². The van der Waals surface area contributed by atoms with Gasteiger partial charge in [0.15, 0.2) is 0 Å². The average Bonchev–Trinajstić information content (AvgIpc) is 3.29. The van der Waals surface area contributed by atoms with Crippen molar-refractivity contribution in [2.24, 2.45) is 11.8 Å². The van der Waals surface area contributed by atoms with Crippen molar-refractivity contribution in [3.63, 3.8) is 0 Å². The van der Waals surface area contributed by atoms with E-state index >= 15 is 0 Å². The summed E-state index contributed by atoms with van der Waals surface area (Å²) in [6, 6.07) is 10.4. The number of nitro benzene ring substituents is 2. The van der Waals surface area contributed by atoms with Gasteiger partial charge in [0, 0.05) is 30.2 Å². The molecule has 2 fully saturated rings. The first-order chi connectivity index (χ1) is 14.8. The zero-order valence-electron chi connectivity index (χ0n) is 16.2. The summed E-state index contributed by atoms with van der Waals surface area (Å²) in [6.07, 6.45) is 1.38. The minimum atomic E-state index is -0.576. The smallest absolute Gasteiger partial charge is 0.338 e. The van der Waals surface area contributed by atoms with Crippen molar-refractivity contribution in [1.29, 1.82) is 0 Å². The highest BCUT2D eigenvalue weighted by atomic mass is 16.6. The van der Waals surface area contributed by atoms with E-state index < -0.39 is 34.0 Å². The number of nitro groups is 2. The van der Waals surface area contributed by atoms with Gasteiger partial charge in [0.05, 0.1) is 21.0 Å². The van der Waals surface area contributed by atoms with E-state index in [2.05, 4.69) is 0 Å². The van der Waals surface area contributed by atoms with Crippen LogP contribution in [0.25, 0.3) is 0 Å². The Balaban J connectivity index is 1.39. The van der Waals surface area contributed by atoms with Crippen LogP contribution in [0, 0.1) is 32.1 Å². The number of benzene rings is 2.